The number of rotatable bonds is 6. The zero-order chi connectivity index (χ0) is 19.6. The van der Waals surface area contributed by atoms with Crippen LogP contribution in [-0.2, 0) is 10.0 Å². The highest BCUT2D eigenvalue weighted by molar-refractivity contribution is 7.92. The largest absolute Gasteiger partial charge is 0.496 e. The first-order chi connectivity index (χ1) is 12.8. The Morgan fingerprint density at radius 3 is 2.41 bits per heavy atom. The highest BCUT2D eigenvalue weighted by atomic mass is 32.2. The quantitative estimate of drug-likeness (QED) is 0.665. The fraction of sp³-hybridized carbons (Fsp3) is 0.0556. The molecule has 0 fully saturated rings. The van der Waals surface area contributed by atoms with Gasteiger partial charge in [0.15, 0.2) is 0 Å². The van der Waals surface area contributed by atoms with Crippen molar-refractivity contribution in [3.63, 3.8) is 0 Å². The lowest BCUT2D eigenvalue weighted by atomic mass is 10.1. The van der Waals surface area contributed by atoms with Gasteiger partial charge in [-0.1, -0.05) is 0 Å². The predicted molar refractivity (Wildman–Crippen MR) is 94.9 cm³/mol. The summed E-state index contributed by atoms with van der Waals surface area (Å²) in [5, 5.41) is 8.98. The zero-order valence-corrected chi connectivity index (χ0v) is 14.8. The summed E-state index contributed by atoms with van der Waals surface area (Å²) in [6, 6.07) is 11.6. The molecule has 0 unspecified atom stereocenters. The van der Waals surface area contributed by atoms with Crippen LogP contribution in [0, 0.1) is 5.82 Å². The van der Waals surface area contributed by atoms with Gasteiger partial charge in [-0.25, -0.2) is 17.6 Å². The van der Waals surface area contributed by atoms with E-state index in [2.05, 4.69) is 4.72 Å². The van der Waals surface area contributed by atoms with E-state index in [1.807, 2.05) is 0 Å². The molecule has 0 aliphatic carbocycles. The van der Waals surface area contributed by atoms with Gasteiger partial charge in [-0.05, 0) is 54.6 Å². The number of carboxylic acids is 1. The fourth-order valence-electron chi connectivity index (χ4n) is 2.39. The van der Waals surface area contributed by atoms with Gasteiger partial charge in [-0.2, -0.15) is 0 Å². The monoisotopic (exact) mass is 391 g/mol. The van der Waals surface area contributed by atoms with E-state index in [4.69, 9.17) is 14.3 Å². The molecule has 0 amide bonds. The molecular weight excluding hydrogens is 377 g/mol. The van der Waals surface area contributed by atoms with Crippen LogP contribution < -0.4 is 9.46 Å². The van der Waals surface area contributed by atoms with Crippen molar-refractivity contribution >= 4 is 21.7 Å². The Morgan fingerprint density at radius 2 is 1.81 bits per heavy atom. The van der Waals surface area contributed by atoms with E-state index in [9.17, 15) is 17.6 Å². The normalized spacial score (nSPS) is 11.2. The number of carbonyl (C=O) groups is 1. The lowest BCUT2D eigenvalue weighted by molar-refractivity contribution is 0.0663. The molecule has 1 heterocycles. The summed E-state index contributed by atoms with van der Waals surface area (Å²) in [5.74, 6) is -1.47. The molecule has 27 heavy (non-hydrogen) atoms. The molecule has 0 saturated carbocycles. The lowest BCUT2D eigenvalue weighted by Crippen LogP contribution is -2.13. The summed E-state index contributed by atoms with van der Waals surface area (Å²) in [7, 11) is -2.52. The van der Waals surface area contributed by atoms with E-state index >= 15 is 0 Å². The van der Waals surface area contributed by atoms with Crippen LogP contribution in [0.3, 0.4) is 0 Å². The van der Waals surface area contributed by atoms with E-state index in [1.165, 1.54) is 37.4 Å². The first-order valence-corrected chi connectivity index (χ1v) is 9.08. The van der Waals surface area contributed by atoms with Crippen LogP contribution in [0.2, 0.25) is 0 Å². The lowest BCUT2D eigenvalue weighted by Gasteiger charge is -2.12. The number of methoxy groups -OCH3 is 1. The Hall–Kier alpha value is -3.33. The number of halogens is 1. The number of benzene rings is 2. The second kappa shape index (κ2) is 7.12. The summed E-state index contributed by atoms with van der Waals surface area (Å²) in [6.07, 6.45) is 0. The predicted octanol–water partition coefficient (Wildman–Crippen LogP) is 3.59. The summed E-state index contributed by atoms with van der Waals surface area (Å²) >= 11 is 0. The Balaban J connectivity index is 1.97. The zero-order valence-electron chi connectivity index (χ0n) is 14.0. The third kappa shape index (κ3) is 3.93. The maximum absolute atomic E-state index is 13.0. The second-order valence-electron chi connectivity index (χ2n) is 5.44. The van der Waals surface area contributed by atoms with Gasteiger partial charge >= 0.3 is 5.97 Å². The number of hydrogen-bond donors (Lipinski definition) is 2. The second-order valence-corrected chi connectivity index (χ2v) is 7.13. The molecule has 7 nitrogen and oxygen atoms in total. The Labute approximate surface area is 154 Å². The molecule has 9 heteroatoms. The van der Waals surface area contributed by atoms with Gasteiger partial charge in [0.1, 0.15) is 17.3 Å². The van der Waals surface area contributed by atoms with Gasteiger partial charge in [0, 0.05) is 5.69 Å². The van der Waals surface area contributed by atoms with E-state index in [1.54, 1.807) is 0 Å². The van der Waals surface area contributed by atoms with Gasteiger partial charge in [0.2, 0.25) is 5.76 Å². The van der Waals surface area contributed by atoms with Crippen LogP contribution in [0.4, 0.5) is 10.1 Å². The first kappa shape index (κ1) is 18.5. The number of ether oxygens (including phenoxy) is 1. The van der Waals surface area contributed by atoms with Gasteiger partial charge in [0.25, 0.3) is 10.0 Å². The number of sulfonamides is 1. The van der Waals surface area contributed by atoms with Crippen molar-refractivity contribution in [3.05, 3.63) is 66.2 Å². The fourth-order valence-corrected chi connectivity index (χ4v) is 3.44. The van der Waals surface area contributed by atoms with E-state index in [0.29, 0.717) is 11.3 Å². The summed E-state index contributed by atoms with van der Waals surface area (Å²) in [4.78, 5) is 10.9. The van der Waals surface area contributed by atoms with Crippen LogP contribution in [-0.4, -0.2) is 26.6 Å². The molecule has 3 aromatic rings. The van der Waals surface area contributed by atoms with Crippen molar-refractivity contribution in [1.82, 2.24) is 0 Å². The van der Waals surface area contributed by atoms with Crippen LogP contribution in [0.5, 0.6) is 5.75 Å². The van der Waals surface area contributed by atoms with E-state index in [-0.39, 0.29) is 22.1 Å². The van der Waals surface area contributed by atoms with Crippen LogP contribution in [0.1, 0.15) is 10.6 Å². The molecule has 3 rings (SSSR count). The van der Waals surface area contributed by atoms with Crippen molar-refractivity contribution in [2.45, 2.75) is 4.90 Å². The molecular formula is C18H14FNO6S. The summed E-state index contributed by atoms with van der Waals surface area (Å²) < 4.78 is 50.8. The minimum Gasteiger partial charge on any atom is -0.496 e. The smallest absolute Gasteiger partial charge is 0.371 e. The van der Waals surface area contributed by atoms with Crippen molar-refractivity contribution in [2.75, 3.05) is 11.8 Å². The summed E-state index contributed by atoms with van der Waals surface area (Å²) in [5.41, 5.74) is 0.563. The average molecular weight is 391 g/mol. The topological polar surface area (TPSA) is 106 Å². The van der Waals surface area contributed by atoms with Crippen molar-refractivity contribution in [2.24, 2.45) is 0 Å². The Morgan fingerprint density at radius 1 is 1.11 bits per heavy atom. The average Bonchev–Trinajstić information content (AvgIpc) is 3.12. The SMILES string of the molecule is COc1ccc(NS(=O)(=O)c2ccc(F)cc2)cc1-c1ccc(C(=O)O)o1. The molecule has 0 aliphatic heterocycles. The van der Waals surface area contributed by atoms with Crippen LogP contribution in [0.15, 0.2) is 63.9 Å². The van der Waals surface area contributed by atoms with Crippen molar-refractivity contribution in [1.29, 1.82) is 0 Å². The summed E-state index contributed by atoms with van der Waals surface area (Å²) in [6.45, 7) is 0. The number of furan rings is 1. The third-order valence-electron chi connectivity index (χ3n) is 3.66. The molecule has 0 spiro atoms. The van der Waals surface area contributed by atoms with Crippen molar-refractivity contribution in [3.8, 4) is 17.1 Å². The number of anilines is 1. The van der Waals surface area contributed by atoms with Gasteiger partial charge < -0.3 is 14.3 Å². The highest BCUT2D eigenvalue weighted by Crippen LogP contribution is 2.34. The maximum Gasteiger partial charge on any atom is 0.371 e. The molecule has 0 radical (unpaired) electrons. The number of nitrogens with one attached hydrogen (secondary N) is 1. The van der Waals surface area contributed by atoms with Gasteiger partial charge in [0.05, 0.1) is 17.6 Å². The molecule has 1 aromatic heterocycles. The molecule has 0 atom stereocenters. The molecule has 0 saturated heterocycles. The Bertz CT molecular complexity index is 1090. The molecule has 0 bridgehead atoms. The number of hydrogen-bond acceptors (Lipinski definition) is 5. The highest BCUT2D eigenvalue weighted by Gasteiger charge is 2.18. The van der Waals surface area contributed by atoms with Crippen molar-refractivity contribution < 1.29 is 31.9 Å². The van der Waals surface area contributed by atoms with E-state index in [0.717, 1.165) is 24.3 Å². The first-order valence-electron chi connectivity index (χ1n) is 7.60. The number of aromatic carboxylic acids is 1. The molecule has 140 valence electrons. The minimum absolute atomic E-state index is 0.104. The Kier molecular flexibility index (Phi) is 4.87. The minimum atomic E-state index is -3.94. The maximum atomic E-state index is 13.0. The molecule has 2 N–H and O–H groups in total. The van der Waals surface area contributed by atoms with Gasteiger partial charge in [-0.15, -0.1) is 0 Å². The molecule has 2 aromatic carbocycles. The third-order valence-corrected chi connectivity index (χ3v) is 5.06. The standard InChI is InChI=1S/C18H14FNO6S/c1-25-15-7-4-12(10-14(15)16-8-9-17(26-16)18(21)22)20-27(23,24)13-5-2-11(19)3-6-13/h2-10,20H,1H3,(H,21,22). The van der Waals surface area contributed by atoms with Crippen LogP contribution >= 0.6 is 0 Å². The van der Waals surface area contributed by atoms with Crippen LogP contribution in [0.25, 0.3) is 11.3 Å². The van der Waals surface area contributed by atoms with Gasteiger partial charge in [-0.3, -0.25) is 4.72 Å². The number of carboxylic acid groups (broad SMARTS) is 1. The molecule has 0 aliphatic rings. The van der Waals surface area contributed by atoms with E-state index < -0.39 is 21.8 Å².